The van der Waals surface area contributed by atoms with Crippen LogP contribution in [0.3, 0.4) is 0 Å². The van der Waals surface area contributed by atoms with Gasteiger partial charge in [-0.15, -0.1) is 0 Å². The molecule has 0 heterocycles. The molecule has 4 heteroatoms. The second-order valence-electron chi connectivity index (χ2n) is 2.97. The van der Waals surface area contributed by atoms with Gasteiger partial charge in [0.15, 0.2) is 0 Å². The first-order valence-corrected chi connectivity index (χ1v) is 4.78. The van der Waals surface area contributed by atoms with Crippen LogP contribution < -0.4 is 0 Å². The largest absolute Gasteiger partial charge is 0.460 e. The minimum Gasteiger partial charge on any atom is -0.460 e. The van der Waals surface area contributed by atoms with E-state index in [4.69, 9.17) is 0 Å². The molecule has 1 aromatic carbocycles. The van der Waals surface area contributed by atoms with Crippen molar-refractivity contribution in [2.24, 2.45) is 0 Å². The van der Waals surface area contributed by atoms with Crippen LogP contribution in [0.2, 0.25) is 0 Å². The van der Waals surface area contributed by atoms with Crippen molar-refractivity contribution >= 4 is 17.8 Å². The Kier molecular flexibility index (Phi) is 4.39. The molecule has 1 aromatic rings. The lowest BCUT2D eigenvalue weighted by atomic mass is 10.2. The standard InChI is InChI=1S/C12H11FO3/c1-2-16-12(15)11(14)8-5-9-3-6-10(13)7-4-9/h3-8H,2H2,1H3. The third-order valence-electron chi connectivity index (χ3n) is 1.77. The molecule has 0 amide bonds. The molecule has 0 N–H and O–H groups in total. The molecule has 0 aliphatic rings. The third kappa shape index (κ3) is 3.65. The van der Waals surface area contributed by atoms with E-state index in [1.54, 1.807) is 6.92 Å². The van der Waals surface area contributed by atoms with Crippen molar-refractivity contribution in [3.63, 3.8) is 0 Å². The summed E-state index contributed by atoms with van der Waals surface area (Å²) in [6.07, 6.45) is 2.53. The summed E-state index contributed by atoms with van der Waals surface area (Å²) in [5, 5.41) is 0. The van der Waals surface area contributed by atoms with E-state index in [1.807, 2.05) is 0 Å². The number of benzene rings is 1. The van der Waals surface area contributed by atoms with E-state index in [0.29, 0.717) is 5.56 Å². The number of hydrogen-bond donors (Lipinski definition) is 0. The van der Waals surface area contributed by atoms with Gasteiger partial charge in [-0.3, -0.25) is 4.79 Å². The fourth-order valence-corrected chi connectivity index (χ4v) is 1.02. The Morgan fingerprint density at radius 3 is 2.50 bits per heavy atom. The van der Waals surface area contributed by atoms with Gasteiger partial charge in [-0.2, -0.15) is 0 Å². The molecule has 84 valence electrons. The van der Waals surface area contributed by atoms with Crippen molar-refractivity contribution in [3.8, 4) is 0 Å². The van der Waals surface area contributed by atoms with Gasteiger partial charge in [-0.1, -0.05) is 18.2 Å². The summed E-state index contributed by atoms with van der Waals surface area (Å²) in [6, 6.07) is 5.55. The second kappa shape index (κ2) is 5.80. The van der Waals surface area contributed by atoms with Crippen molar-refractivity contribution in [1.29, 1.82) is 0 Å². The lowest BCUT2D eigenvalue weighted by molar-refractivity contribution is -0.151. The van der Waals surface area contributed by atoms with Crippen molar-refractivity contribution in [2.75, 3.05) is 6.61 Å². The molecule has 0 saturated heterocycles. The first-order valence-electron chi connectivity index (χ1n) is 4.78. The van der Waals surface area contributed by atoms with Crippen molar-refractivity contribution < 1.29 is 18.7 Å². The predicted octanol–water partition coefficient (Wildman–Crippen LogP) is 1.97. The minimum absolute atomic E-state index is 0.162. The number of ketones is 1. The maximum Gasteiger partial charge on any atom is 0.379 e. The molecule has 0 unspecified atom stereocenters. The van der Waals surface area contributed by atoms with Crippen molar-refractivity contribution in [2.45, 2.75) is 6.92 Å². The van der Waals surface area contributed by atoms with E-state index < -0.39 is 11.8 Å². The summed E-state index contributed by atoms with van der Waals surface area (Å²) < 4.78 is 17.1. The normalized spacial score (nSPS) is 10.4. The van der Waals surface area contributed by atoms with Crippen LogP contribution in [0.15, 0.2) is 30.3 Å². The van der Waals surface area contributed by atoms with Crippen LogP contribution >= 0.6 is 0 Å². The summed E-state index contributed by atoms with van der Waals surface area (Å²) in [7, 11) is 0. The Hall–Kier alpha value is -1.97. The topological polar surface area (TPSA) is 43.4 Å². The Morgan fingerprint density at radius 1 is 1.31 bits per heavy atom. The van der Waals surface area contributed by atoms with E-state index in [-0.39, 0.29) is 12.4 Å². The van der Waals surface area contributed by atoms with Crippen LogP contribution in [0.25, 0.3) is 6.08 Å². The van der Waals surface area contributed by atoms with Gasteiger partial charge >= 0.3 is 5.97 Å². The Balaban J connectivity index is 2.63. The molecular weight excluding hydrogens is 211 g/mol. The number of rotatable bonds is 4. The lowest BCUT2D eigenvalue weighted by Gasteiger charge is -1.96. The molecule has 0 spiro atoms. The van der Waals surface area contributed by atoms with E-state index in [0.717, 1.165) is 6.08 Å². The highest BCUT2D eigenvalue weighted by molar-refractivity contribution is 6.39. The van der Waals surface area contributed by atoms with Gasteiger partial charge in [0.25, 0.3) is 5.78 Å². The van der Waals surface area contributed by atoms with Gasteiger partial charge < -0.3 is 4.74 Å². The third-order valence-corrected chi connectivity index (χ3v) is 1.77. The van der Waals surface area contributed by atoms with Crippen LogP contribution in [-0.4, -0.2) is 18.4 Å². The first kappa shape index (κ1) is 12.1. The van der Waals surface area contributed by atoms with Gasteiger partial charge in [0.2, 0.25) is 0 Å². The predicted molar refractivity (Wildman–Crippen MR) is 57.1 cm³/mol. The van der Waals surface area contributed by atoms with Gasteiger partial charge in [0, 0.05) is 0 Å². The van der Waals surface area contributed by atoms with Crippen LogP contribution in [0.4, 0.5) is 4.39 Å². The van der Waals surface area contributed by atoms with Gasteiger partial charge in [0.05, 0.1) is 6.61 Å². The van der Waals surface area contributed by atoms with Crippen LogP contribution in [0.5, 0.6) is 0 Å². The number of esters is 1. The van der Waals surface area contributed by atoms with Gasteiger partial charge in [-0.25, -0.2) is 9.18 Å². The Labute approximate surface area is 92.5 Å². The fourth-order valence-electron chi connectivity index (χ4n) is 1.02. The van der Waals surface area contributed by atoms with Crippen LogP contribution in [0, 0.1) is 5.82 Å². The average molecular weight is 222 g/mol. The fraction of sp³-hybridized carbons (Fsp3) is 0.167. The molecule has 0 saturated carbocycles. The maximum absolute atomic E-state index is 12.5. The minimum atomic E-state index is -0.888. The summed E-state index contributed by atoms with van der Waals surface area (Å²) in [5.74, 6) is -1.97. The lowest BCUT2D eigenvalue weighted by Crippen LogP contribution is -2.14. The number of halogens is 1. The second-order valence-corrected chi connectivity index (χ2v) is 2.97. The van der Waals surface area contributed by atoms with E-state index in [2.05, 4.69) is 4.74 Å². The smallest absolute Gasteiger partial charge is 0.379 e. The molecule has 1 rings (SSSR count). The number of carbonyl (C=O) groups excluding carboxylic acids is 2. The summed E-state index contributed by atoms with van der Waals surface area (Å²) in [4.78, 5) is 22.1. The summed E-state index contributed by atoms with van der Waals surface area (Å²) in [5.41, 5.74) is 0.638. The molecule has 0 atom stereocenters. The average Bonchev–Trinajstić information content (AvgIpc) is 2.28. The first-order chi connectivity index (χ1) is 7.63. The highest BCUT2D eigenvalue weighted by Crippen LogP contribution is 2.04. The zero-order valence-corrected chi connectivity index (χ0v) is 8.77. The molecule has 16 heavy (non-hydrogen) atoms. The van der Waals surface area contributed by atoms with E-state index in [1.165, 1.54) is 30.3 Å². The SMILES string of the molecule is CCOC(=O)C(=O)C=Cc1ccc(F)cc1. The number of ether oxygens (including phenoxy) is 1. The highest BCUT2D eigenvalue weighted by Gasteiger charge is 2.09. The Morgan fingerprint density at radius 2 is 1.94 bits per heavy atom. The highest BCUT2D eigenvalue weighted by atomic mass is 19.1. The molecule has 0 bridgehead atoms. The Bertz CT molecular complexity index is 407. The molecular formula is C12H11FO3. The van der Waals surface area contributed by atoms with Gasteiger partial charge in [-0.05, 0) is 30.7 Å². The molecule has 0 aromatic heterocycles. The molecule has 0 radical (unpaired) electrons. The molecule has 0 fully saturated rings. The van der Waals surface area contributed by atoms with Crippen LogP contribution in [0.1, 0.15) is 12.5 Å². The monoisotopic (exact) mass is 222 g/mol. The number of hydrogen-bond acceptors (Lipinski definition) is 3. The maximum atomic E-state index is 12.5. The summed E-state index contributed by atoms with van der Waals surface area (Å²) in [6.45, 7) is 1.78. The quantitative estimate of drug-likeness (QED) is 0.444. The molecule has 0 aliphatic heterocycles. The van der Waals surface area contributed by atoms with Crippen molar-refractivity contribution in [3.05, 3.63) is 41.7 Å². The van der Waals surface area contributed by atoms with Crippen LogP contribution in [-0.2, 0) is 14.3 Å². The molecule has 0 aliphatic carbocycles. The van der Waals surface area contributed by atoms with E-state index in [9.17, 15) is 14.0 Å². The van der Waals surface area contributed by atoms with Crippen molar-refractivity contribution in [1.82, 2.24) is 0 Å². The van der Waals surface area contributed by atoms with Gasteiger partial charge in [0.1, 0.15) is 5.82 Å². The zero-order valence-electron chi connectivity index (χ0n) is 8.77. The summed E-state index contributed by atoms with van der Waals surface area (Å²) >= 11 is 0. The zero-order chi connectivity index (χ0) is 12.0. The molecule has 3 nitrogen and oxygen atoms in total. The van der Waals surface area contributed by atoms with E-state index >= 15 is 0 Å². The number of carbonyl (C=O) groups is 2.